The van der Waals surface area contributed by atoms with Crippen LogP contribution in [0.4, 0.5) is 5.69 Å². The number of nitriles is 1. The van der Waals surface area contributed by atoms with Gasteiger partial charge in [0, 0.05) is 5.69 Å². The van der Waals surface area contributed by atoms with Crippen molar-refractivity contribution in [2.75, 3.05) is 11.9 Å². The van der Waals surface area contributed by atoms with Crippen LogP contribution in [0, 0.1) is 11.3 Å². The predicted molar refractivity (Wildman–Crippen MR) is 99.9 cm³/mol. The smallest absolute Gasteiger partial charge is 0.240 e. The van der Waals surface area contributed by atoms with Crippen LogP contribution in [0.1, 0.15) is 32.1 Å². The second kappa shape index (κ2) is 7.85. The summed E-state index contributed by atoms with van der Waals surface area (Å²) < 4.78 is 0. The van der Waals surface area contributed by atoms with Gasteiger partial charge in [-0.1, -0.05) is 61.7 Å². The fourth-order valence-electron chi connectivity index (χ4n) is 3.32. The summed E-state index contributed by atoms with van der Waals surface area (Å²) in [5.41, 5.74) is 2.53. The minimum absolute atomic E-state index is 0.129. The fraction of sp³-hybridized carbons (Fsp3) is 0.333. The first-order valence-corrected chi connectivity index (χ1v) is 8.82. The predicted octanol–water partition coefficient (Wildman–Crippen LogP) is 4.11. The Morgan fingerprint density at radius 3 is 2.24 bits per heavy atom. The van der Waals surface area contributed by atoms with Crippen LogP contribution >= 0.6 is 0 Å². The molecule has 2 aromatic rings. The van der Waals surface area contributed by atoms with Crippen molar-refractivity contribution in [2.45, 2.75) is 37.6 Å². The lowest BCUT2D eigenvalue weighted by atomic mass is 9.83. The van der Waals surface area contributed by atoms with Crippen molar-refractivity contribution in [1.82, 2.24) is 5.32 Å². The molecule has 128 valence electrons. The second-order valence-electron chi connectivity index (χ2n) is 6.60. The van der Waals surface area contributed by atoms with Crippen molar-refractivity contribution >= 4 is 11.6 Å². The summed E-state index contributed by atoms with van der Waals surface area (Å²) >= 11 is 0. The molecular weight excluding hydrogens is 310 g/mol. The van der Waals surface area contributed by atoms with Gasteiger partial charge in [-0.15, -0.1) is 0 Å². The molecule has 0 spiro atoms. The standard InChI is InChI=1S/C21H23N3O/c22-16-21(13-5-2-6-14-21)24-20(25)15-23-19-11-9-18(10-12-19)17-7-3-1-4-8-17/h1,3-4,7-12,23H,2,5-6,13-15H2,(H,24,25). The van der Waals surface area contributed by atoms with Crippen molar-refractivity contribution in [3.8, 4) is 17.2 Å². The van der Waals surface area contributed by atoms with Gasteiger partial charge in [0.05, 0.1) is 12.6 Å². The maximum Gasteiger partial charge on any atom is 0.240 e. The monoisotopic (exact) mass is 333 g/mol. The summed E-state index contributed by atoms with van der Waals surface area (Å²) in [5, 5.41) is 15.5. The van der Waals surface area contributed by atoms with Gasteiger partial charge < -0.3 is 10.6 Å². The van der Waals surface area contributed by atoms with Crippen LogP contribution in [0.2, 0.25) is 0 Å². The van der Waals surface area contributed by atoms with Gasteiger partial charge in [0.15, 0.2) is 0 Å². The molecule has 1 aliphatic carbocycles. The molecule has 2 N–H and O–H groups in total. The van der Waals surface area contributed by atoms with Crippen molar-refractivity contribution in [1.29, 1.82) is 5.26 Å². The van der Waals surface area contributed by atoms with E-state index in [4.69, 9.17) is 0 Å². The van der Waals surface area contributed by atoms with Crippen LogP contribution < -0.4 is 10.6 Å². The van der Waals surface area contributed by atoms with E-state index in [1.54, 1.807) is 0 Å². The molecule has 4 nitrogen and oxygen atoms in total. The van der Waals surface area contributed by atoms with Gasteiger partial charge in [0.25, 0.3) is 0 Å². The van der Waals surface area contributed by atoms with E-state index in [1.807, 2.05) is 42.5 Å². The van der Waals surface area contributed by atoms with Gasteiger partial charge in [-0.3, -0.25) is 4.79 Å². The zero-order chi connectivity index (χ0) is 17.5. The molecule has 0 saturated heterocycles. The first-order valence-electron chi connectivity index (χ1n) is 8.82. The number of carbonyl (C=O) groups excluding carboxylic acids is 1. The number of anilines is 1. The summed E-state index contributed by atoms with van der Waals surface area (Å²) in [4.78, 5) is 12.2. The molecule has 0 aliphatic heterocycles. The Hall–Kier alpha value is -2.80. The van der Waals surface area contributed by atoms with Gasteiger partial charge in [-0.05, 0) is 36.1 Å². The number of benzene rings is 2. The quantitative estimate of drug-likeness (QED) is 0.865. The van der Waals surface area contributed by atoms with Crippen LogP contribution in [0.5, 0.6) is 0 Å². The van der Waals surface area contributed by atoms with Crippen molar-refractivity contribution in [3.63, 3.8) is 0 Å². The lowest BCUT2D eigenvalue weighted by molar-refractivity contribution is -0.121. The van der Waals surface area contributed by atoms with Crippen molar-refractivity contribution < 1.29 is 4.79 Å². The maximum atomic E-state index is 12.2. The van der Waals surface area contributed by atoms with E-state index in [1.165, 1.54) is 5.56 Å². The van der Waals surface area contributed by atoms with E-state index in [2.05, 4.69) is 28.8 Å². The summed E-state index contributed by atoms with van der Waals surface area (Å²) in [6.07, 6.45) is 4.65. The van der Waals surface area contributed by atoms with E-state index in [9.17, 15) is 10.1 Å². The third-order valence-electron chi connectivity index (χ3n) is 4.74. The maximum absolute atomic E-state index is 12.2. The number of carbonyl (C=O) groups is 1. The number of hydrogen-bond acceptors (Lipinski definition) is 3. The molecule has 0 atom stereocenters. The van der Waals surface area contributed by atoms with Crippen molar-refractivity contribution in [3.05, 3.63) is 54.6 Å². The molecule has 0 aromatic heterocycles. The number of nitrogens with zero attached hydrogens (tertiary/aromatic N) is 1. The van der Waals surface area contributed by atoms with Crippen LogP contribution in [-0.2, 0) is 4.79 Å². The van der Waals surface area contributed by atoms with E-state index in [0.29, 0.717) is 0 Å². The van der Waals surface area contributed by atoms with Gasteiger partial charge in [-0.25, -0.2) is 0 Å². The van der Waals surface area contributed by atoms with Crippen LogP contribution in [0.25, 0.3) is 11.1 Å². The first kappa shape index (κ1) is 17.0. The summed E-state index contributed by atoms with van der Waals surface area (Å²) in [6, 6.07) is 20.5. The fourth-order valence-corrected chi connectivity index (χ4v) is 3.32. The lowest BCUT2D eigenvalue weighted by Crippen LogP contribution is -2.50. The van der Waals surface area contributed by atoms with Crippen LogP contribution in [0.15, 0.2) is 54.6 Å². The Kier molecular flexibility index (Phi) is 5.35. The topological polar surface area (TPSA) is 64.9 Å². The second-order valence-corrected chi connectivity index (χ2v) is 6.60. The molecule has 1 amide bonds. The number of nitrogens with one attached hydrogen (secondary N) is 2. The summed E-state index contributed by atoms with van der Waals surface area (Å²) in [5.74, 6) is -0.129. The van der Waals surface area contributed by atoms with Gasteiger partial charge in [0.1, 0.15) is 5.54 Å². The van der Waals surface area contributed by atoms with E-state index in [0.717, 1.165) is 43.4 Å². The molecule has 2 aromatic carbocycles. The largest absolute Gasteiger partial charge is 0.376 e. The normalized spacial score (nSPS) is 15.8. The molecule has 0 heterocycles. The number of amides is 1. The average molecular weight is 333 g/mol. The summed E-state index contributed by atoms with van der Waals surface area (Å²) in [7, 11) is 0. The zero-order valence-corrected chi connectivity index (χ0v) is 14.3. The number of rotatable bonds is 5. The van der Waals surface area contributed by atoms with E-state index < -0.39 is 5.54 Å². The zero-order valence-electron chi connectivity index (χ0n) is 14.3. The Labute approximate surface area is 148 Å². The Bertz CT molecular complexity index is 741. The van der Waals surface area contributed by atoms with Gasteiger partial charge in [0.2, 0.25) is 5.91 Å². The molecule has 0 unspecified atom stereocenters. The van der Waals surface area contributed by atoms with Gasteiger partial charge >= 0.3 is 0 Å². The third-order valence-corrected chi connectivity index (χ3v) is 4.74. The lowest BCUT2D eigenvalue weighted by Gasteiger charge is -2.31. The van der Waals surface area contributed by atoms with E-state index in [-0.39, 0.29) is 12.5 Å². The third kappa shape index (κ3) is 4.39. The Balaban J connectivity index is 1.55. The number of hydrogen-bond donors (Lipinski definition) is 2. The Morgan fingerprint density at radius 2 is 1.60 bits per heavy atom. The highest BCUT2D eigenvalue weighted by Gasteiger charge is 2.33. The molecular formula is C21H23N3O. The van der Waals surface area contributed by atoms with E-state index >= 15 is 0 Å². The molecule has 0 radical (unpaired) electrons. The highest BCUT2D eigenvalue weighted by molar-refractivity contribution is 5.82. The van der Waals surface area contributed by atoms with Gasteiger partial charge in [-0.2, -0.15) is 5.26 Å². The first-order chi connectivity index (χ1) is 12.2. The SMILES string of the molecule is N#CC1(NC(=O)CNc2ccc(-c3ccccc3)cc2)CCCCC1. The highest BCUT2D eigenvalue weighted by Crippen LogP contribution is 2.27. The molecule has 1 fully saturated rings. The average Bonchev–Trinajstić information content (AvgIpc) is 2.68. The molecule has 1 aliphatic rings. The minimum Gasteiger partial charge on any atom is -0.376 e. The molecule has 0 bridgehead atoms. The molecule has 1 saturated carbocycles. The molecule has 3 rings (SSSR count). The van der Waals surface area contributed by atoms with Crippen LogP contribution in [-0.4, -0.2) is 18.0 Å². The van der Waals surface area contributed by atoms with Crippen molar-refractivity contribution in [2.24, 2.45) is 0 Å². The molecule has 4 heteroatoms. The minimum atomic E-state index is -0.672. The highest BCUT2D eigenvalue weighted by atomic mass is 16.2. The van der Waals surface area contributed by atoms with Crippen LogP contribution in [0.3, 0.4) is 0 Å². The summed E-state index contributed by atoms with van der Waals surface area (Å²) in [6.45, 7) is 0.175. The Morgan fingerprint density at radius 1 is 0.960 bits per heavy atom. The molecule has 25 heavy (non-hydrogen) atoms.